The number of sulfone groups is 1. The van der Waals surface area contributed by atoms with Gasteiger partial charge >= 0.3 is 0 Å². The molecule has 0 radical (unpaired) electrons. The summed E-state index contributed by atoms with van der Waals surface area (Å²) in [5.41, 5.74) is 13.1. The number of hydrogen-bond acceptors (Lipinski definition) is 6. The highest BCUT2D eigenvalue weighted by Gasteiger charge is 2.27. The second-order valence-electron chi connectivity index (χ2n) is 16.8. The molecule has 68 heavy (non-hydrogen) atoms. The number of nitrogens with zero attached hydrogens (tertiary/aromatic N) is 7. The molecule has 0 saturated heterocycles. The van der Waals surface area contributed by atoms with Crippen molar-refractivity contribution in [2.45, 2.75) is 16.2 Å². The third-order valence-electron chi connectivity index (χ3n) is 13.0. The molecule has 12 aromatic rings. The lowest BCUT2D eigenvalue weighted by Crippen LogP contribution is -2.08. The number of allylic oxidation sites excluding steroid dienone is 3. The second kappa shape index (κ2) is 15.2. The van der Waals surface area contributed by atoms with E-state index in [1.54, 1.807) is 12.1 Å². The number of para-hydroxylation sites is 3. The Morgan fingerprint density at radius 3 is 1.76 bits per heavy atom. The van der Waals surface area contributed by atoms with Crippen LogP contribution in [-0.2, 0) is 9.84 Å². The van der Waals surface area contributed by atoms with E-state index in [2.05, 4.69) is 123 Å². The van der Waals surface area contributed by atoms with E-state index >= 15 is 0 Å². The van der Waals surface area contributed by atoms with Crippen LogP contribution < -0.4 is 0 Å². The first-order valence-corrected chi connectivity index (χ1v) is 23.7. The lowest BCUT2D eigenvalue weighted by atomic mass is 10.1. The molecule has 0 atom stereocenters. The van der Waals surface area contributed by atoms with Crippen molar-refractivity contribution in [1.29, 1.82) is 5.26 Å². The van der Waals surface area contributed by atoms with Crippen LogP contribution in [0.2, 0.25) is 0 Å². The van der Waals surface area contributed by atoms with Gasteiger partial charge in [-0.1, -0.05) is 97.1 Å². The Labute approximate surface area is 389 Å². The van der Waals surface area contributed by atoms with Crippen molar-refractivity contribution in [1.82, 2.24) is 28.7 Å². The van der Waals surface area contributed by atoms with Gasteiger partial charge in [-0.25, -0.2) is 13.4 Å². The highest BCUT2D eigenvalue weighted by molar-refractivity contribution is 7.91. The quantitative estimate of drug-likeness (QED) is 0.147. The maximum absolute atomic E-state index is 14.0. The summed E-state index contributed by atoms with van der Waals surface area (Å²) >= 11 is 0. The molecule has 0 amide bonds. The second-order valence-corrected chi connectivity index (χ2v) is 18.7. The average Bonchev–Trinajstić information content (AvgIpc) is 4.05. The van der Waals surface area contributed by atoms with Gasteiger partial charge in [-0.05, 0) is 110 Å². The van der Waals surface area contributed by atoms with Gasteiger partial charge in [0, 0.05) is 49.3 Å². The van der Waals surface area contributed by atoms with E-state index in [0.29, 0.717) is 23.2 Å². The predicted octanol–water partition coefficient (Wildman–Crippen LogP) is 13.0. The first-order valence-electron chi connectivity index (χ1n) is 22.2. The molecule has 8 aromatic carbocycles. The molecule has 1 aliphatic rings. The van der Waals surface area contributed by atoms with Crippen LogP contribution in [0.1, 0.15) is 17.8 Å². The number of hydrogen-bond donors (Lipinski definition) is 0. The van der Waals surface area contributed by atoms with Crippen molar-refractivity contribution in [2.75, 3.05) is 0 Å². The fourth-order valence-corrected chi connectivity index (χ4v) is 11.2. The number of benzene rings is 8. The fraction of sp³-hybridized carbons (Fsp3) is 0.0172. The van der Waals surface area contributed by atoms with Crippen molar-refractivity contribution in [3.8, 4) is 34.8 Å². The van der Waals surface area contributed by atoms with Crippen molar-refractivity contribution in [3.05, 3.63) is 217 Å². The molecule has 0 fully saturated rings. The first-order chi connectivity index (χ1) is 33.5. The molecular weight excluding hydrogens is 859 g/mol. The van der Waals surface area contributed by atoms with Gasteiger partial charge in [-0.3, -0.25) is 4.57 Å². The molecule has 0 spiro atoms. The largest absolute Gasteiger partial charge is 0.309 e. The van der Waals surface area contributed by atoms with E-state index in [4.69, 9.17) is 15.0 Å². The summed E-state index contributed by atoms with van der Waals surface area (Å²) in [6.07, 6.45) is 6.87. The molecule has 0 bridgehead atoms. The van der Waals surface area contributed by atoms with Gasteiger partial charge in [0.05, 0.1) is 60.1 Å². The predicted molar refractivity (Wildman–Crippen MR) is 270 cm³/mol. The van der Waals surface area contributed by atoms with Crippen molar-refractivity contribution in [2.24, 2.45) is 0 Å². The monoisotopic (exact) mass is 893 g/mol. The molecule has 4 aromatic heterocycles. The summed E-state index contributed by atoms with van der Waals surface area (Å²) in [6.45, 7) is 0. The minimum absolute atomic E-state index is 0.121. The SMILES string of the molecule is N#Cc1ccc(S(=O)(=O)c2ccc(-n3c4ccc5c6ccccc6n(-c6ccccc6)c5c4c4ccc5c(c6ccccc6n5-c5nc(C6=C=CCC=C6)nc(-c6ccccc6)n5)c43)cc2)cc1. The van der Waals surface area contributed by atoms with Crippen molar-refractivity contribution in [3.63, 3.8) is 0 Å². The van der Waals surface area contributed by atoms with Crippen molar-refractivity contribution < 1.29 is 8.42 Å². The average molecular weight is 894 g/mol. The van der Waals surface area contributed by atoms with E-state index in [1.807, 2.05) is 66.7 Å². The number of rotatable bonds is 7. The van der Waals surface area contributed by atoms with Gasteiger partial charge in [0.2, 0.25) is 15.8 Å². The summed E-state index contributed by atoms with van der Waals surface area (Å²) in [5, 5.41) is 15.7. The molecule has 0 unspecified atom stereocenters. The Balaban J connectivity index is 1.15. The Morgan fingerprint density at radius 1 is 0.500 bits per heavy atom. The van der Waals surface area contributed by atoms with Gasteiger partial charge in [0.1, 0.15) is 0 Å². The van der Waals surface area contributed by atoms with Gasteiger partial charge in [0.15, 0.2) is 11.6 Å². The van der Waals surface area contributed by atoms with Crippen molar-refractivity contribution >= 4 is 80.8 Å². The van der Waals surface area contributed by atoms with Gasteiger partial charge in [-0.15, -0.1) is 5.73 Å². The molecule has 0 saturated carbocycles. The Morgan fingerprint density at radius 2 is 1.06 bits per heavy atom. The molecular formula is C58H35N7O2S. The highest BCUT2D eigenvalue weighted by atomic mass is 32.2. The van der Waals surface area contributed by atoms with E-state index in [-0.39, 0.29) is 9.79 Å². The summed E-state index contributed by atoms with van der Waals surface area (Å²) in [6, 6.07) is 61.3. The zero-order valence-corrected chi connectivity index (χ0v) is 36.9. The van der Waals surface area contributed by atoms with Crippen LogP contribution in [0.25, 0.3) is 99.7 Å². The van der Waals surface area contributed by atoms with E-state index in [1.165, 1.54) is 24.3 Å². The molecule has 0 N–H and O–H groups in total. The van der Waals surface area contributed by atoms with Crippen LogP contribution in [0.4, 0.5) is 0 Å². The summed E-state index contributed by atoms with van der Waals surface area (Å²) in [7, 11) is -3.90. The lowest BCUT2D eigenvalue weighted by Gasteiger charge is -2.12. The van der Waals surface area contributed by atoms with Crippen LogP contribution in [0.3, 0.4) is 0 Å². The van der Waals surface area contributed by atoms with E-state index in [0.717, 1.165) is 94.3 Å². The number of nitriles is 1. The summed E-state index contributed by atoms with van der Waals surface area (Å²) in [4.78, 5) is 15.7. The van der Waals surface area contributed by atoms with Crippen LogP contribution in [0.15, 0.2) is 216 Å². The molecule has 10 heteroatoms. The summed E-state index contributed by atoms with van der Waals surface area (Å²) < 4.78 is 34.8. The van der Waals surface area contributed by atoms with Crippen LogP contribution in [0, 0.1) is 11.3 Å². The van der Waals surface area contributed by atoms with Gasteiger partial charge in [0.25, 0.3) is 0 Å². The lowest BCUT2D eigenvalue weighted by molar-refractivity contribution is 0.596. The topological polar surface area (TPSA) is 111 Å². The molecule has 1 aliphatic carbocycles. The van der Waals surface area contributed by atoms with Crippen LogP contribution >= 0.6 is 0 Å². The molecule has 4 heterocycles. The van der Waals surface area contributed by atoms with Crippen LogP contribution in [0.5, 0.6) is 0 Å². The fourth-order valence-electron chi connectivity index (χ4n) is 9.95. The maximum Gasteiger partial charge on any atom is 0.238 e. The first kappa shape index (κ1) is 39.3. The van der Waals surface area contributed by atoms with Gasteiger partial charge < -0.3 is 9.13 Å². The van der Waals surface area contributed by atoms with Gasteiger partial charge in [-0.2, -0.15) is 15.2 Å². The summed E-state index contributed by atoms with van der Waals surface area (Å²) in [5.74, 6) is 1.54. The standard InChI is InChI=1S/C58H35N7O2S/c59-36-37-24-28-42(29-25-37)68(66,67)43-30-26-41(27-31-43)64-50-34-32-45-44-20-10-12-22-48(44)63(40-18-8-3-9-19-40)54(45)53(50)47-33-35-51-52(55(47)64)46-21-11-13-23-49(46)65(51)58-61-56(38-14-4-1-5-15-38)60-57(62-58)39-16-6-2-7-17-39/h1,3-16,18-35H,2H2. The molecule has 320 valence electrons. The maximum atomic E-state index is 14.0. The number of aromatic nitrogens is 6. The zero-order valence-electron chi connectivity index (χ0n) is 36.1. The zero-order chi connectivity index (χ0) is 45.5. The highest BCUT2D eigenvalue weighted by Crippen LogP contribution is 2.46. The third-order valence-corrected chi connectivity index (χ3v) is 14.8. The van der Waals surface area contributed by atoms with Crippen LogP contribution in [-0.4, -0.2) is 37.1 Å². The third kappa shape index (κ3) is 5.94. The Bertz CT molecular complexity index is 4320. The molecule has 0 aliphatic heterocycles. The number of fused-ring (bicyclic) bond motifs is 11. The normalized spacial score (nSPS) is 12.8. The van der Waals surface area contributed by atoms with E-state index < -0.39 is 9.84 Å². The Hall–Kier alpha value is -9.13. The minimum atomic E-state index is -3.90. The minimum Gasteiger partial charge on any atom is -0.309 e. The Kier molecular flexibility index (Phi) is 8.79. The molecule has 13 rings (SSSR count). The van der Waals surface area contributed by atoms with E-state index in [9.17, 15) is 13.7 Å². The smallest absolute Gasteiger partial charge is 0.238 e. The molecule has 9 nitrogen and oxygen atoms in total.